The number of thioether (sulfide) groups is 1. The zero-order valence-electron chi connectivity index (χ0n) is 12.2. The molecule has 0 atom stereocenters. The van der Waals surface area contributed by atoms with Crippen LogP contribution in [0.3, 0.4) is 0 Å². The minimum Gasteiger partial charge on any atom is -0.286 e. The zero-order chi connectivity index (χ0) is 16.2. The van der Waals surface area contributed by atoms with E-state index < -0.39 is 0 Å². The first-order chi connectivity index (χ1) is 11.1. The lowest BCUT2D eigenvalue weighted by Gasteiger charge is -2.18. The molecule has 0 saturated carbocycles. The van der Waals surface area contributed by atoms with Crippen molar-refractivity contribution in [2.75, 3.05) is 13.1 Å². The number of halogens is 2. The predicted molar refractivity (Wildman–Crippen MR) is 97.5 cm³/mol. The molecule has 0 saturated heterocycles. The van der Waals surface area contributed by atoms with E-state index >= 15 is 0 Å². The standard InChI is InChI=1S/C17H14Cl2N2OS/c18-13-6-7-14(15(19)10-13)16(22)21-9-8-20-17(21)23-11-12-4-2-1-3-5-12/h1-7,10H,8-9,11H2. The summed E-state index contributed by atoms with van der Waals surface area (Å²) < 4.78 is 0. The van der Waals surface area contributed by atoms with E-state index in [9.17, 15) is 4.79 Å². The fourth-order valence-corrected chi connectivity index (χ4v) is 3.76. The molecule has 0 bridgehead atoms. The summed E-state index contributed by atoms with van der Waals surface area (Å²) in [7, 11) is 0. The second-order valence-electron chi connectivity index (χ2n) is 5.02. The topological polar surface area (TPSA) is 32.7 Å². The summed E-state index contributed by atoms with van der Waals surface area (Å²) in [6.07, 6.45) is 0. The summed E-state index contributed by atoms with van der Waals surface area (Å²) in [6.45, 7) is 1.20. The SMILES string of the molecule is O=C(c1ccc(Cl)cc1Cl)N1CCN=C1SCc1ccccc1. The maximum Gasteiger partial charge on any atom is 0.261 e. The van der Waals surface area contributed by atoms with Gasteiger partial charge in [0.1, 0.15) is 0 Å². The molecule has 0 fully saturated rings. The Balaban J connectivity index is 1.72. The third-order valence-electron chi connectivity index (χ3n) is 3.42. The fraction of sp³-hybridized carbons (Fsp3) is 0.176. The number of carbonyl (C=O) groups excluding carboxylic acids is 1. The smallest absolute Gasteiger partial charge is 0.261 e. The molecule has 118 valence electrons. The lowest BCUT2D eigenvalue weighted by Crippen LogP contribution is -2.33. The number of amidine groups is 1. The molecule has 0 radical (unpaired) electrons. The summed E-state index contributed by atoms with van der Waals surface area (Å²) in [4.78, 5) is 18.8. The minimum absolute atomic E-state index is 0.136. The Morgan fingerprint density at radius 1 is 1.17 bits per heavy atom. The van der Waals surface area contributed by atoms with Gasteiger partial charge in [0.25, 0.3) is 5.91 Å². The Bertz CT molecular complexity index is 750. The van der Waals surface area contributed by atoms with Gasteiger partial charge in [-0.15, -0.1) is 0 Å². The van der Waals surface area contributed by atoms with Crippen LogP contribution < -0.4 is 0 Å². The van der Waals surface area contributed by atoms with Gasteiger partial charge in [0.15, 0.2) is 5.17 Å². The van der Waals surface area contributed by atoms with Crippen molar-refractivity contribution in [1.29, 1.82) is 0 Å². The van der Waals surface area contributed by atoms with Gasteiger partial charge >= 0.3 is 0 Å². The normalized spacial score (nSPS) is 14.0. The maximum absolute atomic E-state index is 12.7. The summed E-state index contributed by atoms with van der Waals surface area (Å²) in [6, 6.07) is 15.0. The predicted octanol–water partition coefficient (Wildman–Crippen LogP) is 4.74. The molecule has 0 aromatic heterocycles. The Morgan fingerprint density at radius 3 is 2.70 bits per heavy atom. The summed E-state index contributed by atoms with van der Waals surface area (Å²) >= 11 is 13.6. The van der Waals surface area contributed by atoms with Crippen molar-refractivity contribution in [3.05, 3.63) is 69.7 Å². The molecule has 23 heavy (non-hydrogen) atoms. The van der Waals surface area contributed by atoms with Crippen molar-refractivity contribution in [2.45, 2.75) is 5.75 Å². The van der Waals surface area contributed by atoms with Crippen molar-refractivity contribution in [3.63, 3.8) is 0 Å². The van der Waals surface area contributed by atoms with Gasteiger partial charge in [-0.2, -0.15) is 0 Å². The van der Waals surface area contributed by atoms with Gasteiger partial charge in [0, 0.05) is 17.3 Å². The van der Waals surface area contributed by atoms with E-state index in [2.05, 4.69) is 17.1 Å². The number of nitrogens with zero attached hydrogens (tertiary/aromatic N) is 2. The number of carbonyl (C=O) groups is 1. The van der Waals surface area contributed by atoms with Gasteiger partial charge in [-0.1, -0.05) is 65.3 Å². The lowest BCUT2D eigenvalue weighted by molar-refractivity contribution is 0.0861. The summed E-state index contributed by atoms with van der Waals surface area (Å²) in [5.74, 6) is 0.640. The van der Waals surface area contributed by atoms with Gasteiger partial charge in [-0.25, -0.2) is 0 Å². The molecule has 2 aromatic rings. The molecule has 3 nitrogen and oxygen atoms in total. The molecule has 1 amide bonds. The molecular weight excluding hydrogens is 351 g/mol. The number of benzene rings is 2. The third kappa shape index (κ3) is 3.89. The van der Waals surface area contributed by atoms with E-state index in [1.54, 1.807) is 34.9 Å². The molecule has 6 heteroatoms. The minimum atomic E-state index is -0.136. The molecule has 2 aromatic carbocycles. The van der Waals surface area contributed by atoms with E-state index in [0.717, 1.165) is 10.9 Å². The van der Waals surface area contributed by atoms with Gasteiger partial charge in [-0.3, -0.25) is 14.7 Å². The number of amides is 1. The molecule has 1 heterocycles. The molecule has 3 rings (SSSR count). The van der Waals surface area contributed by atoms with E-state index in [0.29, 0.717) is 28.7 Å². The van der Waals surface area contributed by atoms with Gasteiger partial charge < -0.3 is 0 Å². The van der Waals surface area contributed by atoms with Gasteiger partial charge in [-0.05, 0) is 23.8 Å². The highest BCUT2D eigenvalue weighted by Crippen LogP contribution is 2.26. The summed E-state index contributed by atoms with van der Waals surface area (Å²) in [5, 5.41) is 1.62. The van der Waals surface area contributed by atoms with Crippen LogP contribution in [0.5, 0.6) is 0 Å². The number of hydrogen-bond acceptors (Lipinski definition) is 3. The van der Waals surface area contributed by atoms with E-state index in [4.69, 9.17) is 23.2 Å². The second kappa shape index (κ2) is 7.39. The maximum atomic E-state index is 12.7. The average Bonchev–Trinajstić information content (AvgIpc) is 3.02. The van der Waals surface area contributed by atoms with Crippen LogP contribution in [0.15, 0.2) is 53.5 Å². The molecular formula is C17H14Cl2N2OS. The Kier molecular flexibility index (Phi) is 5.26. The van der Waals surface area contributed by atoms with Crippen LogP contribution in [0.4, 0.5) is 0 Å². The first-order valence-corrected chi connectivity index (χ1v) is 8.87. The van der Waals surface area contributed by atoms with Crippen LogP contribution >= 0.6 is 35.0 Å². The Labute approximate surface area is 149 Å². The fourth-order valence-electron chi connectivity index (χ4n) is 2.27. The second-order valence-corrected chi connectivity index (χ2v) is 6.81. The van der Waals surface area contributed by atoms with Crippen molar-refractivity contribution < 1.29 is 4.79 Å². The number of rotatable bonds is 3. The van der Waals surface area contributed by atoms with E-state index in [1.807, 2.05) is 18.2 Å². The molecule has 1 aliphatic rings. The van der Waals surface area contributed by atoms with Crippen LogP contribution in [0.2, 0.25) is 10.0 Å². The third-order valence-corrected chi connectivity index (χ3v) is 5.05. The monoisotopic (exact) mass is 364 g/mol. The first kappa shape index (κ1) is 16.4. The average molecular weight is 365 g/mol. The highest BCUT2D eigenvalue weighted by molar-refractivity contribution is 8.13. The van der Waals surface area contributed by atoms with Crippen molar-refractivity contribution in [2.24, 2.45) is 4.99 Å². The number of hydrogen-bond donors (Lipinski definition) is 0. The van der Waals surface area contributed by atoms with Crippen LogP contribution in [-0.4, -0.2) is 29.1 Å². The Morgan fingerprint density at radius 2 is 1.96 bits per heavy atom. The molecule has 0 aliphatic carbocycles. The largest absolute Gasteiger partial charge is 0.286 e. The molecule has 1 aliphatic heterocycles. The summed E-state index contributed by atoms with van der Waals surface area (Å²) in [5.41, 5.74) is 1.65. The van der Waals surface area contributed by atoms with Crippen molar-refractivity contribution >= 4 is 46.0 Å². The lowest BCUT2D eigenvalue weighted by atomic mass is 10.2. The van der Waals surface area contributed by atoms with E-state index in [-0.39, 0.29) is 5.91 Å². The molecule has 0 unspecified atom stereocenters. The Hall–Kier alpha value is -1.49. The van der Waals surface area contributed by atoms with Gasteiger partial charge in [0.2, 0.25) is 0 Å². The quantitative estimate of drug-likeness (QED) is 0.787. The van der Waals surface area contributed by atoms with Crippen molar-refractivity contribution in [3.8, 4) is 0 Å². The van der Waals surface area contributed by atoms with Crippen LogP contribution in [0.25, 0.3) is 0 Å². The first-order valence-electron chi connectivity index (χ1n) is 7.13. The highest BCUT2D eigenvalue weighted by Gasteiger charge is 2.26. The number of aliphatic imine (C=N–C) groups is 1. The van der Waals surface area contributed by atoms with Crippen LogP contribution in [0, 0.1) is 0 Å². The van der Waals surface area contributed by atoms with Crippen LogP contribution in [0.1, 0.15) is 15.9 Å². The van der Waals surface area contributed by atoms with E-state index in [1.165, 1.54) is 5.56 Å². The molecule has 0 spiro atoms. The van der Waals surface area contributed by atoms with Gasteiger partial charge in [0.05, 0.1) is 17.1 Å². The highest BCUT2D eigenvalue weighted by atomic mass is 35.5. The van der Waals surface area contributed by atoms with Crippen molar-refractivity contribution in [1.82, 2.24) is 4.90 Å². The van der Waals surface area contributed by atoms with Crippen LogP contribution in [-0.2, 0) is 5.75 Å². The zero-order valence-corrected chi connectivity index (χ0v) is 14.5. The molecule has 0 N–H and O–H groups in total.